The standard InChI is InChI=1S/C19H16.C14H11N.C2H6/c1-12(2)16-10-8-15-7-6-13-4-3-5-14-9-11-17(16)19(15)18(13)14;1-2-6-11(7-3-1)14-10-12-8-4-5-9-13(12)15-14;1-2/h3-12H,1-2H3;1-10,15H;1-2H3. The molecule has 7 rings (SSSR count). The number of aromatic nitrogens is 1. The predicted octanol–water partition coefficient (Wildman–Crippen LogP) is 10.6. The van der Waals surface area contributed by atoms with Gasteiger partial charge in [-0.2, -0.15) is 0 Å². The van der Waals surface area contributed by atoms with Gasteiger partial charge in [-0.25, -0.2) is 0 Å². The zero-order chi connectivity index (χ0) is 25.1. The van der Waals surface area contributed by atoms with Gasteiger partial charge in [0, 0.05) is 16.6 Å². The molecule has 178 valence electrons. The average Bonchev–Trinajstić information content (AvgIpc) is 3.38. The Labute approximate surface area is 213 Å². The van der Waals surface area contributed by atoms with Gasteiger partial charge in [-0.3, -0.25) is 0 Å². The van der Waals surface area contributed by atoms with Crippen LogP contribution in [0.5, 0.6) is 0 Å². The summed E-state index contributed by atoms with van der Waals surface area (Å²) in [4.78, 5) is 3.41. The maximum atomic E-state index is 3.41. The Morgan fingerprint density at radius 3 is 1.81 bits per heavy atom. The van der Waals surface area contributed by atoms with Crippen LogP contribution >= 0.6 is 0 Å². The lowest BCUT2D eigenvalue weighted by molar-refractivity contribution is 0.877. The summed E-state index contributed by atoms with van der Waals surface area (Å²) < 4.78 is 0. The second-order valence-corrected chi connectivity index (χ2v) is 9.30. The molecule has 0 aliphatic heterocycles. The fourth-order valence-electron chi connectivity index (χ4n) is 5.11. The lowest BCUT2D eigenvalue weighted by Crippen LogP contribution is -1.91. The molecule has 1 aromatic heterocycles. The monoisotopic (exact) mass is 467 g/mol. The molecule has 0 amide bonds. The highest BCUT2D eigenvalue weighted by molar-refractivity contribution is 6.23. The summed E-state index contributed by atoms with van der Waals surface area (Å²) in [6, 6.07) is 41.0. The molecular formula is C35H33N. The van der Waals surface area contributed by atoms with E-state index in [2.05, 4.69) is 122 Å². The van der Waals surface area contributed by atoms with Crippen molar-refractivity contribution >= 4 is 43.2 Å². The number of aromatic amines is 1. The van der Waals surface area contributed by atoms with Crippen LogP contribution in [0.1, 0.15) is 39.2 Å². The maximum absolute atomic E-state index is 3.41. The van der Waals surface area contributed by atoms with E-state index in [-0.39, 0.29) is 0 Å². The Morgan fingerprint density at radius 1 is 0.528 bits per heavy atom. The van der Waals surface area contributed by atoms with Crippen LogP contribution in [0, 0.1) is 0 Å². The summed E-state index contributed by atoms with van der Waals surface area (Å²) in [6.07, 6.45) is 0. The van der Waals surface area contributed by atoms with Crippen LogP contribution in [-0.4, -0.2) is 4.98 Å². The van der Waals surface area contributed by atoms with E-state index in [0.717, 1.165) is 0 Å². The fourth-order valence-corrected chi connectivity index (χ4v) is 5.11. The van der Waals surface area contributed by atoms with E-state index in [4.69, 9.17) is 0 Å². The highest BCUT2D eigenvalue weighted by Gasteiger charge is 2.11. The van der Waals surface area contributed by atoms with Crippen LogP contribution in [0.2, 0.25) is 0 Å². The van der Waals surface area contributed by atoms with Crippen LogP contribution in [0.15, 0.2) is 115 Å². The maximum Gasteiger partial charge on any atom is 0.0464 e. The second kappa shape index (κ2) is 10.3. The third kappa shape index (κ3) is 4.33. The topological polar surface area (TPSA) is 15.8 Å². The first-order valence-corrected chi connectivity index (χ1v) is 13.0. The Hall–Kier alpha value is -4.10. The molecule has 0 atom stereocenters. The molecule has 1 nitrogen and oxygen atoms in total. The Balaban J connectivity index is 0.000000142. The van der Waals surface area contributed by atoms with Crippen molar-refractivity contribution in [1.29, 1.82) is 0 Å². The lowest BCUT2D eigenvalue weighted by Gasteiger charge is -2.15. The molecule has 0 bridgehead atoms. The second-order valence-electron chi connectivity index (χ2n) is 9.30. The van der Waals surface area contributed by atoms with Gasteiger partial charge < -0.3 is 4.98 Å². The molecule has 0 fully saturated rings. The number of nitrogens with one attached hydrogen (secondary N) is 1. The first-order valence-electron chi connectivity index (χ1n) is 13.0. The molecule has 0 aliphatic rings. The number of hydrogen-bond acceptors (Lipinski definition) is 0. The number of rotatable bonds is 2. The third-order valence-electron chi connectivity index (χ3n) is 6.80. The zero-order valence-electron chi connectivity index (χ0n) is 21.5. The van der Waals surface area contributed by atoms with Gasteiger partial charge in [0.1, 0.15) is 0 Å². The van der Waals surface area contributed by atoms with Crippen LogP contribution < -0.4 is 0 Å². The SMILES string of the molecule is CC.CC(C)c1ccc2ccc3cccc4ccc1c2c34.c1ccc(-c2cc3ccccc3[nH]2)cc1. The number of hydrogen-bond donors (Lipinski definition) is 1. The fraction of sp³-hybridized carbons (Fsp3) is 0.143. The van der Waals surface area contributed by atoms with Gasteiger partial charge in [0.15, 0.2) is 0 Å². The summed E-state index contributed by atoms with van der Waals surface area (Å²) in [7, 11) is 0. The summed E-state index contributed by atoms with van der Waals surface area (Å²) in [6.45, 7) is 8.54. The van der Waals surface area contributed by atoms with Crippen molar-refractivity contribution in [3.63, 3.8) is 0 Å². The van der Waals surface area contributed by atoms with E-state index >= 15 is 0 Å². The molecule has 0 saturated heterocycles. The number of para-hydroxylation sites is 1. The van der Waals surface area contributed by atoms with E-state index in [1.54, 1.807) is 0 Å². The van der Waals surface area contributed by atoms with Crippen molar-refractivity contribution in [2.45, 2.75) is 33.6 Å². The zero-order valence-corrected chi connectivity index (χ0v) is 21.5. The van der Waals surface area contributed by atoms with Gasteiger partial charge in [-0.05, 0) is 61.5 Å². The summed E-state index contributed by atoms with van der Waals surface area (Å²) in [5.41, 5.74) is 5.05. The van der Waals surface area contributed by atoms with Gasteiger partial charge in [0.05, 0.1) is 0 Å². The molecule has 36 heavy (non-hydrogen) atoms. The minimum Gasteiger partial charge on any atom is -0.355 e. The van der Waals surface area contributed by atoms with Crippen molar-refractivity contribution < 1.29 is 0 Å². The highest BCUT2D eigenvalue weighted by atomic mass is 14.7. The van der Waals surface area contributed by atoms with E-state index in [9.17, 15) is 0 Å². The Morgan fingerprint density at radius 2 is 1.11 bits per heavy atom. The van der Waals surface area contributed by atoms with Crippen molar-refractivity contribution in [1.82, 2.24) is 4.98 Å². The highest BCUT2D eigenvalue weighted by Crippen LogP contribution is 2.37. The van der Waals surface area contributed by atoms with Crippen LogP contribution in [-0.2, 0) is 0 Å². The smallest absolute Gasteiger partial charge is 0.0464 e. The minimum absolute atomic E-state index is 0.560. The van der Waals surface area contributed by atoms with Crippen molar-refractivity contribution in [3.05, 3.63) is 121 Å². The molecule has 7 aromatic rings. The molecular weight excluding hydrogens is 434 g/mol. The van der Waals surface area contributed by atoms with Crippen molar-refractivity contribution in [3.8, 4) is 11.3 Å². The first kappa shape index (κ1) is 23.6. The Bertz CT molecular complexity index is 1670. The summed E-state index contributed by atoms with van der Waals surface area (Å²) >= 11 is 0. The number of fused-ring (bicyclic) bond motifs is 1. The molecule has 1 heterocycles. The molecule has 1 heteroatoms. The van der Waals surface area contributed by atoms with E-state index in [1.165, 1.54) is 60.0 Å². The summed E-state index contributed by atoms with van der Waals surface area (Å²) in [5, 5.41) is 9.56. The lowest BCUT2D eigenvalue weighted by atomic mass is 9.89. The molecule has 0 unspecified atom stereocenters. The van der Waals surface area contributed by atoms with Gasteiger partial charge in [0.25, 0.3) is 0 Å². The van der Waals surface area contributed by atoms with Crippen LogP contribution in [0.3, 0.4) is 0 Å². The quantitative estimate of drug-likeness (QED) is 0.243. The van der Waals surface area contributed by atoms with Crippen molar-refractivity contribution in [2.75, 3.05) is 0 Å². The van der Waals surface area contributed by atoms with E-state index in [0.29, 0.717) is 5.92 Å². The average molecular weight is 468 g/mol. The van der Waals surface area contributed by atoms with Crippen LogP contribution in [0.25, 0.3) is 54.5 Å². The largest absolute Gasteiger partial charge is 0.355 e. The van der Waals surface area contributed by atoms with Gasteiger partial charge in [0.2, 0.25) is 0 Å². The van der Waals surface area contributed by atoms with E-state index < -0.39 is 0 Å². The summed E-state index contributed by atoms with van der Waals surface area (Å²) in [5.74, 6) is 0.560. The normalized spacial score (nSPS) is 11.0. The molecule has 0 saturated carbocycles. The Kier molecular flexibility index (Phi) is 6.73. The van der Waals surface area contributed by atoms with E-state index in [1.807, 2.05) is 26.0 Å². The third-order valence-corrected chi connectivity index (χ3v) is 6.80. The molecule has 1 N–H and O–H groups in total. The van der Waals surface area contributed by atoms with Crippen LogP contribution in [0.4, 0.5) is 0 Å². The number of H-pyrrole nitrogens is 1. The minimum atomic E-state index is 0.560. The van der Waals surface area contributed by atoms with Gasteiger partial charge in [-0.1, -0.05) is 131 Å². The molecule has 6 aromatic carbocycles. The molecule has 0 aliphatic carbocycles. The van der Waals surface area contributed by atoms with Gasteiger partial charge >= 0.3 is 0 Å². The first-order chi connectivity index (χ1) is 17.7. The van der Waals surface area contributed by atoms with Gasteiger partial charge in [-0.15, -0.1) is 0 Å². The van der Waals surface area contributed by atoms with Crippen molar-refractivity contribution in [2.24, 2.45) is 0 Å². The molecule has 0 spiro atoms. The predicted molar refractivity (Wildman–Crippen MR) is 159 cm³/mol. The molecule has 0 radical (unpaired) electrons. The number of benzene rings is 6.